The zero-order valence-electron chi connectivity index (χ0n) is 19.4. The summed E-state index contributed by atoms with van der Waals surface area (Å²) < 4.78 is 35.3. The molecule has 1 saturated heterocycles. The molecule has 6 rings (SSSR count). The number of aromatic nitrogens is 4. The molecule has 4 aromatic rings. The Bertz CT molecular complexity index is 1460. The first-order valence-electron chi connectivity index (χ1n) is 11.6. The molecule has 11 heteroatoms. The lowest BCUT2D eigenvalue weighted by molar-refractivity contribution is -0.129. The Hall–Kier alpha value is -3.86. The van der Waals surface area contributed by atoms with E-state index < -0.39 is 11.6 Å². The molecule has 0 N–H and O–H groups in total. The van der Waals surface area contributed by atoms with Crippen LogP contribution >= 0.6 is 11.3 Å². The van der Waals surface area contributed by atoms with Crippen LogP contribution in [0.4, 0.5) is 14.6 Å². The van der Waals surface area contributed by atoms with Gasteiger partial charge in [0.2, 0.25) is 5.91 Å². The highest BCUT2D eigenvalue weighted by atomic mass is 32.1. The van der Waals surface area contributed by atoms with E-state index in [-0.39, 0.29) is 11.6 Å². The normalized spacial score (nSPS) is 15.2. The zero-order valence-corrected chi connectivity index (χ0v) is 20.3. The zero-order chi connectivity index (χ0) is 24.8. The molecule has 8 nitrogen and oxygen atoms in total. The molecule has 0 atom stereocenters. The highest BCUT2D eigenvalue weighted by molar-refractivity contribution is 7.16. The SMILES string of the molecule is CC(=O)N1CCN(c2ccc3c(n2)-c2cc(-c4ncnn4-c4ccc(F)cc4F)sc2CCO3)CC1. The van der Waals surface area contributed by atoms with Crippen molar-refractivity contribution in [3.05, 3.63) is 59.2 Å². The molecule has 0 radical (unpaired) electrons. The van der Waals surface area contributed by atoms with Crippen molar-refractivity contribution >= 4 is 23.1 Å². The minimum atomic E-state index is -0.713. The van der Waals surface area contributed by atoms with Gasteiger partial charge in [0, 0.05) is 56.0 Å². The fourth-order valence-corrected chi connectivity index (χ4v) is 5.71. The van der Waals surface area contributed by atoms with E-state index in [0.29, 0.717) is 50.8 Å². The van der Waals surface area contributed by atoms with Gasteiger partial charge in [-0.1, -0.05) is 0 Å². The highest BCUT2D eigenvalue weighted by Crippen LogP contribution is 2.42. The molecule has 0 unspecified atom stereocenters. The van der Waals surface area contributed by atoms with E-state index in [4.69, 9.17) is 9.72 Å². The number of benzene rings is 1. The maximum Gasteiger partial charge on any atom is 0.219 e. The lowest BCUT2D eigenvalue weighted by atomic mass is 10.1. The van der Waals surface area contributed by atoms with Gasteiger partial charge < -0.3 is 14.5 Å². The predicted molar refractivity (Wildman–Crippen MR) is 131 cm³/mol. The topological polar surface area (TPSA) is 76.4 Å². The van der Waals surface area contributed by atoms with Gasteiger partial charge in [0.15, 0.2) is 11.6 Å². The van der Waals surface area contributed by atoms with Crippen LogP contribution in [0.2, 0.25) is 0 Å². The van der Waals surface area contributed by atoms with Crippen LogP contribution in [0, 0.1) is 11.6 Å². The largest absolute Gasteiger partial charge is 0.491 e. The molecular formula is C25H22F2N6O2S. The van der Waals surface area contributed by atoms with Crippen molar-refractivity contribution in [2.24, 2.45) is 0 Å². The van der Waals surface area contributed by atoms with Gasteiger partial charge in [0.25, 0.3) is 0 Å². The number of hydrogen-bond acceptors (Lipinski definition) is 7. The molecule has 2 aliphatic heterocycles. The van der Waals surface area contributed by atoms with Gasteiger partial charge in [0.05, 0.1) is 11.5 Å². The second kappa shape index (κ2) is 8.98. The van der Waals surface area contributed by atoms with Gasteiger partial charge >= 0.3 is 0 Å². The second-order valence-corrected chi connectivity index (χ2v) is 9.78. The number of amides is 1. The minimum absolute atomic E-state index is 0.0850. The monoisotopic (exact) mass is 508 g/mol. The van der Waals surface area contributed by atoms with Crippen molar-refractivity contribution in [1.29, 1.82) is 0 Å². The number of rotatable bonds is 3. The number of carbonyl (C=O) groups is 1. The molecule has 3 aromatic heterocycles. The van der Waals surface area contributed by atoms with Crippen molar-refractivity contribution in [2.45, 2.75) is 13.3 Å². The van der Waals surface area contributed by atoms with Crippen LogP contribution in [0.25, 0.3) is 27.6 Å². The molecule has 36 heavy (non-hydrogen) atoms. The minimum Gasteiger partial charge on any atom is -0.491 e. The molecular weight excluding hydrogens is 486 g/mol. The van der Waals surface area contributed by atoms with Gasteiger partial charge in [-0.15, -0.1) is 11.3 Å². The average Bonchev–Trinajstić information content (AvgIpc) is 3.48. The van der Waals surface area contributed by atoms with E-state index >= 15 is 0 Å². The van der Waals surface area contributed by atoms with Crippen LogP contribution in [0.1, 0.15) is 11.8 Å². The van der Waals surface area contributed by atoms with E-state index in [1.807, 2.05) is 23.1 Å². The maximum absolute atomic E-state index is 14.5. The molecule has 2 aliphatic rings. The summed E-state index contributed by atoms with van der Waals surface area (Å²) in [5, 5.41) is 4.19. The number of ether oxygens (including phenoxy) is 1. The number of nitrogens with zero attached hydrogens (tertiary/aromatic N) is 6. The fourth-order valence-electron chi connectivity index (χ4n) is 4.59. The molecule has 0 aliphatic carbocycles. The molecule has 1 fully saturated rings. The number of pyridine rings is 1. The van der Waals surface area contributed by atoms with Crippen LogP contribution in [0.15, 0.2) is 42.7 Å². The fraction of sp³-hybridized carbons (Fsp3) is 0.280. The molecule has 0 saturated carbocycles. The van der Waals surface area contributed by atoms with Crippen LogP contribution in [-0.4, -0.2) is 63.3 Å². The lowest BCUT2D eigenvalue weighted by Gasteiger charge is -2.35. The first kappa shape index (κ1) is 22.6. The predicted octanol–water partition coefficient (Wildman–Crippen LogP) is 3.94. The van der Waals surface area contributed by atoms with Gasteiger partial charge in [-0.05, 0) is 30.3 Å². The van der Waals surface area contributed by atoms with Crippen LogP contribution in [-0.2, 0) is 11.2 Å². The van der Waals surface area contributed by atoms with Crippen LogP contribution < -0.4 is 9.64 Å². The number of anilines is 1. The third-order valence-electron chi connectivity index (χ3n) is 6.45. The van der Waals surface area contributed by atoms with Gasteiger partial charge in [-0.25, -0.2) is 23.4 Å². The summed E-state index contributed by atoms with van der Waals surface area (Å²) >= 11 is 1.54. The third kappa shape index (κ3) is 3.98. The van der Waals surface area contributed by atoms with E-state index in [9.17, 15) is 13.6 Å². The average molecular weight is 509 g/mol. The molecule has 184 valence electrons. The Labute approximate surface area is 209 Å². The number of halogens is 2. The number of fused-ring (bicyclic) bond motifs is 3. The van der Waals surface area contributed by atoms with E-state index in [0.717, 1.165) is 32.9 Å². The summed E-state index contributed by atoms with van der Waals surface area (Å²) in [6.45, 7) is 4.84. The summed E-state index contributed by atoms with van der Waals surface area (Å²) in [5.74, 6) is 0.726. The number of hydrogen-bond donors (Lipinski definition) is 0. The maximum atomic E-state index is 14.5. The van der Waals surface area contributed by atoms with Crippen molar-refractivity contribution in [3.8, 4) is 33.4 Å². The first-order valence-corrected chi connectivity index (χ1v) is 12.4. The Balaban J connectivity index is 1.36. The third-order valence-corrected chi connectivity index (χ3v) is 7.64. The van der Waals surface area contributed by atoms with E-state index in [1.54, 1.807) is 6.92 Å². The number of piperazine rings is 1. The summed E-state index contributed by atoms with van der Waals surface area (Å²) in [6.07, 6.45) is 2.05. The Morgan fingerprint density at radius 2 is 1.92 bits per heavy atom. The van der Waals surface area contributed by atoms with Crippen molar-refractivity contribution in [3.63, 3.8) is 0 Å². The summed E-state index contributed by atoms with van der Waals surface area (Å²) in [6, 6.07) is 9.26. The first-order chi connectivity index (χ1) is 17.5. The Morgan fingerprint density at radius 1 is 1.08 bits per heavy atom. The quantitative estimate of drug-likeness (QED) is 0.417. The summed E-state index contributed by atoms with van der Waals surface area (Å²) in [5.41, 5.74) is 1.82. The van der Waals surface area contributed by atoms with Gasteiger partial charge in [0.1, 0.15) is 35.1 Å². The van der Waals surface area contributed by atoms with Crippen LogP contribution in [0.3, 0.4) is 0 Å². The molecule has 0 bridgehead atoms. The number of carbonyl (C=O) groups excluding carboxylic acids is 1. The second-order valence-electron chi connectivity index (χ2n) is 8.65. The lowest BCUT2D eigenvalue weighted by Crippen LogP contribution is -2.48. The summed E-state index contributed by atoms with van der Waals surface area (Å²) in [7, 11) is 0. The van der Waals surface area contributed by atoms with Crippen molar-refractivity contribution in [1.82, 2.24) is 24.6 Å². The van der Waals surface area contributed by atoms with Crippen molar-refractivity contribution < 1.29 is 18.3 Å². The molecule has 1 amide bonds. The van der Waals surface area contributed by atoms with Gasteiger partial charge in [-0.3, -0.25) is 4.79 Å². The van der Waals surface area contributed by atoms with Gasteiger partial charge in [-0.2, -0.15) is 5.10 Å². The Morgan fingerprint density at radius 3 is 2.69 bits per heavy atom. The molecule has 5 heterocycles. The Kier molecular flexibility index (Phi) is 5.63. The van der Waals surface area contributed by atoms with Crippen molar-refractivity contribution in [2.75, 3.05) is 37.7 Å². The smallest absolute Gasteiger partial charge is 0.219 e. The van der Waals surface area contributed by atoms with E-state index in [1.165, 1.54) is 34.5 Å². The van der Waals surface area contributed by atoms with Crippen LogP contribution in [0.5, 0.6) is 5.75 Å². The molecule has 0 spiro atoms. The van der Waals surface area contributed by atoms with E-state index in [2.05, 4.69) is 15.0 Å². The highest BCUT2D eigenvalue weighted by Gasteiger charge is 2.26. The summed E-state index contributed by atoms with van der Waals surface area (Å²) in [4.78, 5) is 26.9. The molecule has 1 aromatic carbocycles. The number of thiophene rings is 1. The standard InChI is InChI=1S/C25H22F2N6O2S/c1-15(34)31-7-9-32(10-8-31)23-5-4-20-24(30-23)17-13-22(36-21(17)6-11-35-20)25-28-14-29-33(25)19-3-2-16(26)12-18(19)27/h2-5,12-14H,6-11H2,1H3.